The van der Waals surface area contributed by atoms with Crippen molar-refractivity contribution < 1.29 is 5.11 Å². The van der Waals surface area contributed by atoms with Gasteiger partial charge in [0.1, 0.15) is 0 Å². The van der Waals surface area contributed by atoms with Crippen LogP contribution in [0.4, 0.5) is 0 Å². The first-order chi connectivity index (χ1) is 4.34. The first-order valence-corrected chi connectivity index (χ1v) is 2.46. The molecule has 3 nitrogen and oxygen atoms in total. The molecule has 0 bridgehead atoms. The molecule has 1 atom stereocenters. The highest BCUT2D eigenvalue weighted by Gasteiger charge is 1.96. The second kappa shape index (κ2) is 2.33. The second-order valence-electron chi connectivity index (χ2n) is 1.55. The molecule has 46 valence electrons. The quantitative estimate of drug-likeness (QED) is 0.533. The van der Waals surface area contributed by atoms with E-state index in [-0.39, 0.29) is 0 Å². The summed E-state index contributed by atoms with van der Waals surface area (Å²) in [6.45, 7) is 0. The molecule has 1 N–H and O–H groups in total. The standard InChI is InChI=1S/C6H6N2O/c1-2-6(9)8-4-3-7-5-8/h1,3-6,9H/t6-/m0/s1. The van der Waals surface area contributed by atoms with Crippen LogP contribution < -0.4 is 0 Å². The van der Waals surface area contributed by atoms with Crippen molar-refractivity contribution >= 4 is 0 Å². The molecule has 1 heterocycles. The summed E-state index contributed by atoms with van der Waals surface area (Å²) >= 11 is 0. The average molecular weight is 122 g/mol. The van der Waals surface area contributed by atoms with Gasteiger partial charge in [0.25, 0.3) is 0 Å². The minimum atomic E-state index is -0.882. The number of nitrogens with zero attached hydrogens (tertiary/aromatic N) is 2. The van der Waals surface area contributed by atoms with E-state index in [9.17, 15) is 0 Å². The number of rotatable bonds is 1. The number of hydrogen-bond acceptors (Lipinski definition) is 2. The van der Waals surface area contributed by atoms with Crippen molar-refractivity contribution in [1.29, 1.82) is 0 Å². The highest BCUT2D eigenvalue weighted by molar-refractivity contribution is 4.93. The van der Waals surface area contributed by atoms with E-state index in [2.05, 4.69) is 10.9 Å². The van der Waals surface area contributed by atoms with E-state index in [0.29, 0.717) is 0 Å². The van der Waals surface area contributed by atoms with Gasteiger partial charge in [-0.3, -0.25) is 0 Å². The summed E-state index contributed by atoms with van der Waals surface area (Å²) in [6.07, 6.45) is 8.65. The van der Waals surface area contributed by atoms with Gasteiger partial charge >= 0.3 is 0 Å². The predicted molar refractivity (Wildman–Crippen MR) is 32.3 cm³/mol. The maximum atomic E-state index is 8.91. The first kappa shape index (κ1) is 5.86. The molecule has 1 rings (SSSR count). The van der Waals surface area contributed by atoms with E-state index in [1.54, 1.807) is 12.4 Å². The zero-order chi connectivity index (χ0) is 6.69. The van der Waals surface area contributed by atoms with E-state index < -0.39 is 6.23 Å². The van der Waals surface area contributed by atoms with Crippen molar-refractivity contribution in [3.63, 3.8) is 0 Å². The van der Waals surface area contributed by atoms with E-state index >= 15 is 0 Å². The van der Waals surface area contributed by atoms with Crippen LogP contribution in [0.1, 0.15) is 6.23 Å². The van der Waals surface area contributed by atoms with Crippen LogP contribution in [0.5, 0.6) is 0 Å². The third kappa shape index (κ3) is 1.09. The van der Waals surface area contributed by atoms with Gasteiger partial charge in [0.05, 0.1) is 6.33 Å². The molecule has 0 saturated carbocycles. The van der Waals surface area contributed by atoms with E-state index in [0.717, 1.165) is 0 Å². The second-order valence-corrected chi connectivity index (χ2v) is 1.55. The lowest BCUT2D eigenvalue weighted by Crippen LogP contribution is -2.01. The molecule has 1 aromatic heterocycles. The highest BCUT2D eigenvalue weighted by atomic mass is 16.3. The number of aromatic nitrogens is 2. The fourth-order valence-electron chi connectivity index (χ4n) is 0.500. The third-order valence-corrected chi connectivity index (χ3v) is 0.956. The van der Waals surface area contributed by atoms with Crippen molar-refractivity contribution in [1.82, 2.24) is 9.55 Å². The number of aliphatic hydroxyl groups excluding tert-OH is 1. The van der Waals surface area contributed by atoms with Crippen molar-refractivity contribution in [2.75, 3.05) is 0 Å². The van der Waals surface area contributed by atoms with Gasteiger partial charge in [-0.1, -0.05) is 5.92 Å². The molecule has 0 amide bonds. The number of terminal acetylenes is 1. The molecule has 0 saturated heterocycles. The van der Waals surface area contributed by atoms with E-state index in [1.165, 1.54) is 10.9 Å². The number of aliphatic hydroxyl groups is 1. The minimum Gasteiger partial charge on any atom is -0.363 e. The summed E-state index contributed by atoms with van der Waals surface area (Å²) < 4.78 is 1.43. The molecule has 0 spiro atoms. The summed E-state index contributed by atoms with van der Waals surface area (Å²) in [5.41, 5.74) is 0. The smallest absolute Gasteiger partial charge is 0.195 e. The molecule has 0 aromatic carbocycles. The first-order valence-electron chi connectivity index (χ1n) is 2.46. The minimum absolute atomic E-state index is 0.882. The number of hydrogen-bond donors (Lipinski definition) is 1. The van der Waals surface area contributed by atoms with Crippen molar-refractivity contribution in [3.8, 4) is 12.3 Å². The van der Waals surface area contributed by atoms with Gasteiger partial charge in [0, 0.05) is 12.4 Å². The SMILES string of the molecule is C#C[C@H](O)n1ccnc1. The van der Waals surface area contributed by atoms with Crippen LogP contribution in [0, 0.1) is 12.3 Å². The van der Waals surface area contributed by atoms with Gasteiger partial charge in [-0.25, -0.2) is 4.98 Å². The van der Waals surface area contributed by atoms with E-state index in [1.807, 2.05) is 0 Å². The Morgan fingerprint density at radius 3 is 3.00 bits per heavy atom. The lowest BCUT2D eigenvalue weighted by molar-refractivity contribution is 0.164. The van der Waals surface area contributed by atoms with Crippen LogP contribution in [0.2, 0.25) is 0 Å². The van der Waals surface area contributed by atoms with Crippen LogP contribution in [0.25, 0.3) is 0 Å². The maximum absolute atomic E-state index is 8.91. The molecule has 0 fully saturated rings. The van der Waals surface area contributed by atoms with Crippen LogP contribution >= 0.6 is 0 Å². The lowest BCUT2D eigenvalue weighted by Gasteiger charge is -2.00. The Morgan fingerprint density at radius 2 is 2.56 bits per heavy atom. The summed E-state index contributed by atoms with van der Waals surface area (Å²) in [5.74, 6) is 2.15. The summed E-state index contributed by atoms with van der Waals surface area (Å²) in [7, 11) is 0. The Balaban J connectivity index is 2.80. The Labute approximate surface area is 53.0 Å². The fourth-order valence-corrected chi connectivity index (χ4v) is 0.500. The van der Waals surface area contributed by atoms with Gasteiger partial charge in [0.15, 0.2) is 6.23 Å². The van der Waals surface area contributed by atoms with Crippen LogP contribution in [0.3, 0.4) is 0 Å². The van der Waals surface area contributed by atoms with Crippen LogP contribution in [-0.4, -0.2) is 14.7 Å². The van der Waals surface area contributed by atoms with E-state index in [4.69, 9.17) is 11.5 Å². The van der Waals surface area contributed by atoms with Crippen molar-refractivity contribution in [3.05, 3.63) is 18.7 Å². The Morgan fingerprint density at radius 1 is 1.78 bits per heavy atom. The molecule has 0 aliphatic rings. The zero-order valence-corrected chi connectivity index (χ0v) is 4.73. The van der Waals surface area contributed by atoms with Crippen LogP contribution in [-0.2, 0) is 0 Å². The third-order valence-electron chi connectivity index (χ3n) is 0.956. The van der Waals surface area contributed by atoms with Crippen LogP contribution in [0.15, 0.2) is 18.7 Å². The molecule has 9 heavy (non-hydrogen) atoms. The fraction of sp³-hybridized carbons (Fsp3) is 0.167. The van der Waals surface area contributed by atoms with Gasteiger partial charge in [0.2, 0.25) is 0 Å². The van der Waals surface area contributed by atoms with Gasteiger partial charge in [-0.15, -0.1) is 6.42 Å². The largest absolute Gasteiger partial charge is 0.363 e. The Bertz CT molecular complexity index is 209. The summed E-state index contributed by atoms with van der Waals surface area (Å²) in [4.78, 5) is 3.70. The normalized spacial score (nSPS) is 12.4. The molecule has 3 heteroatoms. The van der Waals surface area contributed by atoms with Crippen molar-refractivity contribution in [2.24, 2.45) is 0 Å². The molecule has 1 aromatic rings. The van der Waals surface area contributed by atoms with Gasteiger partial charge in [-0.2, -0.15) is 0 Å². The zero-order valence-electron chi connectivity index (χ0n) is 4.73. The monoisotopic (exact) mass is 122 g/mol. The average Bonchev–Trinajstić information content (AvgIpc) is 2.37. The molecule has 0 aliphatic heterocycles. The lowest BCUT2D eigenvalue weighted by atomic mass is 10.6. The molecule has 0 aliphatic carbocycles. The molecular formula is C6H6N2O. The molecular weight excluding hydrogens is 116 g/mol. The predicted octanol–water partition coefficient (Wildman–Crippen LogP) is 0.00720. The molecule has 0 unspecified atom stereocenters. The summed E-state index contributed by atoms with van der Waals surface area (Å²) in [5, 5.41) is 8.91. The highest BCUT2D eigenvalue weighted by Crippen LogP contribution is 1.96. The Kier molecular flexibility index (Phi) is 1.52. The van der Waals surface area contributed by atoms with Gasteiger partial charge < -0.3 is 9.67 Å². The Hall–Kier alpha value is -1.27. The molecule has 0 radical (unpaired) electrons. The summed E-state index contributed by atoms with van der Waals surface area (Å²) in [6, 6.07) is 0. The maximum Gasteiger partial charge on any atom is 0.195 e. The van der Waals surface area contributed by atoms with Crippen molar-refractivity contribution in [2.45, 2.75) is 6.23 Å². The van der Waals surface area contributed by atoms with Gasteiger partial charge in [-0.05, 0) is 0 Å². The number of imidazole rings is 1. The topological polar surface area (TPSA) is 38.0 Å².